The van der Waals surface area contributed by atoms with Crippen molar-refractivity contribution in [2.24, 2.45) is 0 Å². The Labute approximate surface area is 117 Å². The maximum absolute atomic E-state index is 11.0. The number of aromatic carboxylic acids is 3. The molecule has 0 aliphatic carbocycles. The molecule has 0 amide bonds. The van der Waals surface area contributed by atoms with Gasteiger partial charge < -0.3 is 15.3 Å². The molecule has 0 fully saturated rings. The minimum absolute atomic E-state index is 0.0320. The Morgan fingerprint density at radius 3 is 2.00 bits per heavy atom. The highest BCUT2D eigenvalue weighted by molar-refractivity contribution is 5.94. The van der Waals surface area contributed by atoms with E-state index >= 15 is 0 Å². The summed E-state index contributed by atoms with van der Waals surface area (Å²) in [6.45, 7) is 0. The smallest absolute Gasteiger partial charge is 0.354 e. The monoisotopic (exact) mass is 288 g/mol. The highest BCUT2D eigenvalue weighted by Gasteiger charge is 2.15. The van der Waals surface area contributed by atoms with Crippen LogP contribution in [0.2, 0.25) is 0 Å². The number of aromatic nitrogens is 2. The Hall–Kier alpha value is -3.29. The van der Waals surface area contributed by atoms with Crippen LogP contribution >= 0.6 is 0 Å². The molecule has 0 atom stereocenters. The number of nitrogens with zero attached hydrogens (tertiary/aromatic N) is 2. The van der Waals surface area contributed by atoms with Gasteiger partial charge in [-0.1, -0.05) is 0 Å². The largest absolute Gasteiger partial charge is 0.478 e. The van der Waals surface area contributed by atoms with E-state index in [9.17, 15) is 14.4 Å². The zero-order valence-corrected chi connectivity index (χ0v) is 10.3. The van der Waals surface area contributed by atoms with Crippen LogP contribution in [0.3, 0.4) is 0 Å². The standard InChI is InChI=1S/C13H8N2O6/c16-11(17)6-1-2-14-8(3-6)9-4-7(12(18)19)5-10(15-9)13(20)21/h1-5H,(H,16,17)(H,18,19)(H,20,21). The van der Waals surface area contributed by atoms with E-state index in [4.69, 9.17) is 15.3 Å². The SMILES string of the molecule is O=C(O)c1ccnc(-c2cc(C(=O)O)cc(C(=O)O)n2)c1. The summed E-state index contributed by atoms with van der Waals surface area (Å²) in [5.41, 5.74) is -0.775. The number of pyridine rings is 2. The predicted molar refractivity (Wildman–Crippen MR) is 68.3 cm³/mol. The predicted octanol–water partition coefficient (Wildman–Crippen LogP) is 1.24. The number of rotatable bonds is 4. The first-order chi connectivity index (χ1) is 9.88. The molecule has 0 saturated carbocycles. The molecule has 2 heterocycles. The van der Waals surface area contributed by atoms with Crippen molar-refractivity contribution < 1.29 is 29.7 Å². The molecule has 0 radical (unpaired) electrons. The van der Waals surface area contributed by atoms with Crippen LogP contribution in [0.4, 0.5) is 0 Å². The first-order valence-corrected chi connectivity index (χ1v) is 5.57. The summed E-state index contributed by atoms with van der Waals surface area (Å²) >= 11 is 0. The van der Waals surface area contributed by atoms with E-state index in [-0.39, 0.29) is 22.5 Å². The molecule has 8 heteroatoms. The molecule has 2 aromatic rings. The molecule has 3 N–H and O–H groups in total. The maximum atomic E-state index is 11.0. The third-order valence-electron chi connectivity index (χ3n) is 2.56. The van der Waals surface area contributed by atoms with Gasteiger partial charge in [0.25, 0.3) is 0 Å². The van der Waals surface area contributed by atoms with Crippen molar-refractivity contribution >= 4 is 17.9 Å². The molecular formula is C13H8N2O6. The van der Waals surface area contributed by atoms with Crippen LogP contribution in [0.15, 0.2) is 30.5 Å². The number of hydrogen-bond acceptors (Lipinski definition) is 5. The topological polar surface area (TPSA) is 138 Å². The first-order valence-electron chi connectivity index (χ1n) is 5.57. The summed E-state index contributed by atoms with van der Waals surface area (Å²) in [6, 6.07) is 4.48. The molecule has 0 bridgehead atoms. The number of hydrogen-bond donors (Lipinski definition) is 3. The molecule has 2 rings (SSSR count). The summed E-state index contributed by atoms with van der Waals surface area (Å²) in [4.78, 5) is 40.5. The lowest BCUT2D eigenvalue weighted by atomic mass is 10.1. The van der Waals surface area contributed by atoms with Gasteiger partial charge in [-0.3, -0.25) is 4.98 Å². The molecule has 0 saturated heterocycles. The van der Waals surface area contributed by atoms with E-state index in [1.54, 1.807) is 0 Å². The van der Waals surface area contributed by atoms with Crippen molar-refractivity contribution in [3.8, 4) is 11.4 Å². The van der Waals surface area contributed by atoms with Crippen LogP contribution in [0.25, 0.3) is 11.4 Å². The van der Waals surface area contributed by atoms with Gasteiger partial charge in [-0.05, 0) is 24.3 Å². The van der Waals surface area contributed by atoms with E-state index in [0.717, 1.165) is 12.1 Å². The van der Waals surface area contributed by atoms with Gasteiger partial charge >= 0.3 is 17.9 Å². The fraction of sp³-hybridized carbons (Fsp3) is 0. The van der Waals surface area contributed by atoms with Crippen molar-refractivity contribution in [1.82, 2.24) is 9.97 Å². The Morgan fingerprint density at radius 2 is 1.43 bits per heavy atom. The van der Waals surface area contributed by atoms with Crippen molar-refractivity contribution in [2.75, 3.05) is 0 Å². The number of carboxylic acid groups (broad SMARTS) is 3. The summed E-state index contributed by atoms with van der Waals surface area (Å²) in [7, 11) is 0. The van der Waals surface area contributed by atoms with E-state index in [0.29, 0.717) is 0 Å². The third kappa shape index (κ3) is 3.00. The molecule has 21 heavy (non-hydrogen) atoms. The summed E-state index contributed by atoms with van der Waals surface area (Å²) in [5, 5.41) is 26.8. The molecule has 0 aromatic carbocycles. The van der Waals surface area contributed by atoms with Gasteiger partial charge in [-0.2, -0.15) is 0 Å². The van der Waals surface area contributed by atoms with Crippen molar-refractivity contribution in [2.45, 2.75) is 0 Å². The van der Waals surface area contributed by atoms with E-state index in [1.165, 1.54) is 18.3 Å². The van der Waals surface area contributed by atoms with Gasteiger partial charge in [0.05, 0.1) is 22.5 Å². The third-order valence-corrected chi connectivity index (χ3v) is 2.56. The van der Waals surface area contributed by atoms with E-state index in [1.807, 2.05) is 0 Å². The fourth-order valence-corrected chi connectivity index (χ4v) is 1.60. The van der Waals surface area contributed by atoms with E-state index < -0.39 is 23.6 Å². The summed E-state index contributed by atoms with van der Waals surface area (Å²) < 4.78 is 0. The minimum atomic E-state index is -1.39. The second-order valence-corrected chi connectivity index (χ2v) is 3.97. The van der Waals surface area contributed by atoms with Gasteiger partial charge in [-0.15, -0.1) is 0 Å². The molecule has 0 unspecified atom stereocenters. The minimum Gasteiger partial charge on any atom is -0.478 e. The average Bonchev–Trinajstić information content (AvgIpc) is 2.46. The zero-order valence-electron chi connectivity index (χ0n) is 10.3. The molecule has 8 nitrogen and oxygen atoms in total. The molecule has 106 valence electrons. The fourth-order valence-electron chi connectivity index (χ4n) is 1.60. The van der Waals surface area contributed by atoms with Crippen LogP contribution in [0, 0.1) is 0 Å². The van der Waals surface area contributed by atoms with Crippen molar-refractivity contribution in [1.29, 1.82) is 0 Å². The Morgan fingerprint density at radius 1 is 0.810 bits per heavy atom. The second-order valence-electron chi connectivity index (χ2n) is 3.97. The zero-order chi connectivity index (χ0) is 15.6. The summed E-state index contributed by atoms with van der Waals surface area (Å²) in [5.74, 6) is -3.91. The molecule has 0 aliphatic heterocycles. The van der Waals surface area contributed by atoms with Crippen LogP contribution in [0.5, 0.6) is 0 Å². The first kappa shape index (κ1) is 14.1. The van der Waals surface area contributed by atoms with Gasteiger partial charge in [0.15, 0.2) is 0 Å². The Kier molecular flexibility index (Phi) is 3.61. The van der Waals surface area contributed by atoms with Gasteiger partial charge in [0.2, 0.25) is 0 Å². The Bertz CT molecular complexity index is 724. The van der Waals surface area contributed by atoms with Crippen molar-refractivity contribution in [3.63, 3.8) is 0 Å². The quantitative estimate of drug-likeness (QED) is 0.763. The average molecular weight is 288 g/mol. The van der Waals surface area contributed by atoms with Crippen molar-refractivity contribution in [3.05, 3.63) is 47.3 Å². The van der Waals surface area contributed by atoms with Gasteiger partial charge in [0.1, 0.15) is 5.69 Å². The van der Waals surface area contributed by atoms with E-state index in [2.05, 4.69) is 9.97 Å². The lowest BCUT2D eigenvalue weighted by Crippen LogP contribution is -2.07. The Balaban J connectivity index is 2.62. The highest BCUT2D eigenvalue weighted by atomic mass is 16.4. The van der Waals surface area contributed by atoms with Gasteiger partial charge in [-0.25, -0.2) is 19.4 Å². The number of carbonyl (C=O) groups is 3. The second kappa shape index (κ2) is 5.37. The lowest BCUT2D eigenvalue weighted by molar-refractivity contribution is 0.0679. The number of carboxylic acids is 3. The van der Waals surface area contributed by atoms with Gasteiger partial charge in [0, 0.05) is 6.20 Å². The molecular weight excluding hydrogens is 280 g/mol. The normalized spacial score (nSPS) is 10.1. The molecule has 2 aromatic heterocycles. The van der Waals surface area contributed by atoms with Crippen LogP contribution in [0.1, 0.15) is 31.2 Å². The van der Waals surface area contributed by atoms with Crippen LogP contribution in [-0.2, 0) is 0 Å². The highest BCUT2D eigenvalue weighted by Crippen LogP contribution is 2.18. The molecule has 0 spiro atoms. The molecule has 0 aliphatic rings. The lowest BCUT2D eigenvalue weighted by Gasteiger charge is -2.05. The van der Waals surface area contributed by atoms with Crippen LogP contribution in [-0.4, -0.2) is 43.2 Å². The summed E-state index contributed by atoms with van der Waals surface area (Å²) in [6.07, 6.45) is 1.22. The maximum Gasteiger partial charge on any atom is 0.354 e. The van der Waals surface area contributed by atoms with Crippen LogP contribution < -0.4 is 0 Å².